The number of ether oxygens (including phenoxy) is 2. The molecule has 0 bridgehead atoms. The Bertz CT molecular complexity index is 1720. The highest BCUT2D eigenvalue weighted by atomic mass is 35.5. The molecule has 264 valence electrons. The molecule has 0 radical (unpaired) electrons. The Morgan fingerprint density at radius 3 is 1.78 bits per heavy atom. The van der Waals surface area contributed by atoms with Crippen LogP contribution >= 0.6 is 34.8 Å². The Balaban J connectivity index is 0.000000178. The van der Waals surface area contributed by atoms with Gasteiger partial charge in [-0.3, -0.25) is 8.42 Å². The van der Waals surface area contributed by atoms with Crippen molar-refractivity contribution in [2.75, 3.05) is 84.5 Å². The Hall–Kier alpha value is -2.33. The van der Waals surface area contributed by atoms with Crippen LogP contribution in [-0.4, -0.2) is 105 Å². The molecule has 3 fully saturated rings. The molecule has 0 aliphatic carbocycles. The monoisotopic (exact) mass is 768 g/mol. The first kappa shape index (κ1) is 35.1. The zero-order valence-electron chi connectivity index (χ0n) is 27.0. The van der Waals surface area contributed by atoms with E-state index < -0.39 is 21.6 Å². The molecule has 3 aromatic rings. The number of nitrogens with zero attached hydrogens (tertiary/aromatic N) is 6. The van der Waals surface area contributed by atoms with Gasteiger partial charge in [-0.15, -0.1) is 0 Å². The fourth-order valence-corrected chi connectivity index (χ4v) is 9.71. The van der Waals surface area contributed by atoms with Gasteiger partial charge in [0.1, 0.15) is 21.4 Å². The van der Waals surface area contributed by atoms with Crippen LogP contribution < -0.4 is 20.4 Å². The smallest absolute Gasteiger partial charge is 0.227 e. The molecule has 12 nitrogen and oxygen atoms in total. The maximum absolute atomic E-state index is 12.6. The van der Waals surface area contributed by atoms with Crippen LogP contribution in [-0.2, 0) is 43.9 Å². The van der Waals surface area contributed by atoms with E-state index in [1.807, 2.05) is 18.2 Å². The number of aromatic nitrogens is 4. The van der Waals surface area contributed by atoms with Gasteiger partial charge in [0.25, 0.3) is 0 Å². The largest absolute Gasteiger partial charge is 0.381 e. The molecule has 0 amide bonds. The lowest BCUT2D eigenvalue weighted by atomic mass is 10.1. The number of fused-ring (bicyclic) bond motifs is 2. The van der Waals surface area contributed by atoms with Crippen molar-refractivity contribution in [2.24, 2.45) is 0 Å². The van der Waals surface area contributed by atoms with Crippen LogP contribution in [0.5, 0.6) is 0 Å². The molecule has 2 N–H and O–H groups in total. The molecule has 7 heterocycles. The van der Waals surface area contributed by atoms with E-state index in [-0.39, 0.29) is 5.28 Å². The van der Waals surface area contributed by atoms with Crippen LogP contribution in [0.15, 0.2) is 28.0 Å². The predicted molar refractivity (Wildman–Crippen MR) is 195 cm³/mol. The summed E-state index contributed by atoms with van der Waals surface area (Å²) < 4.78 is 35.3. The number of halogens is 3. The fourth-order valence-electron chi connectivity index (χ4n) is 6.60. The zero-order valence-corrected chi connectivity index (χ0v) is 30.9. The molecule has 5 aliphatic rings. The summed E-state index contributed by atoms with van der Waals surface area (Å²) in [5.74, 6) is 3.36. The van der Waals surface area contributed by atoms with Crippen molar-refractivity contribution in [1.82, 2.24) is 19.9 Å². The van der Waals surface area contributed by atoms with Crippen LogP contribution in [0.1, 0.15) is 37.1 Å². The van der Waals surface area contributed by atoms with Gasteiger partial charge in [0.2, 0.25) is 11.2 Å². The first-order chi connectivity index (χ1) is 23.8. The lowest BCUT2D eigenvalue weighted by Gasteiger charge is -2.36. The van der Waals surface area contributed by atoms with E-state index in [0.29, 0.717) is 45.9 Å². The average Bonchev–Trinajstić information content (AvgIpc) is 3.69. The molecule has 8 rings (SSSR count). The lowest BCUT2D eigenvalue weighted by molar-refractivity contribution is 0.0902. The predicted octanol–water partition coefficient (Wildman–Crippen LogP) is 4.75. The standard InChI is InChI=1S/C21H25Cl2N5O2S.C11H14ClN3O2S/c22-16-2-1-15(13-17(16)23)27-6-8-28(9-7-27)21-25-18-5-12-31(29)19(18)20(26-21)24-14-3-10-30-11-4-14;12-11-14-8-3-6-18(16)9(8)10(15-11)13-7-1-4-17-5-2-7/h1-2,13-14H,3-12H2,(H,24,25,26);7H,1-6H2,(H,13,14,15). The maximum Gasteiger partial charge on any atom is 0.227 e. The summed E-state index contributed by atoms with van der Waals surface area (Å²) in [6.07, 6.45) is 5.19. The highest BCUT2D eigenvalue weighted by molar-refractivity contribution is 7.85. The summed E-state index contributed by atoms with van der Waals surface area (Å²) in [5, 5.41) is 8.25. The molecule has 2 aromatic heterocycles. The van der Waals surface area contributed by atoms with Gasteiger partial charge in [-0.05, 0) is 55.5 Å². The number of rotatable bonds is 6. The number of hydrogen-bond donors (Lipinski definition) is 2. The molecule has 0 spiro atoms. The van der Waals surface area contributed by atoms with E-state index in [0.717, 1.165) is 123 Å². The molecule has 2 unspecified atom stereocenters. The van der Waals surface area contributed by atoms with Crippen LogP contribution in [0, 0.1) is 0 Å². The SMILES string of the molecule is O=S1CCc2nc(Cl)nc(NC3CCOCC3)c21.O=S1CCc2nc(N3CCN(c4ccc(Cl)c(Cl)c4)CC3)nc(NC3CCOCC3)c21. The van der Waals surface area contributed by atoms with Gasteiger partial charge in [-0.2, -0.15) is 9.97 Å². The summed E-state index contributed by atoms with van der Waals surface area (Å²) in [5.41, 5.74) is 2.81. The quantitative estimate of drug-likeness (QED) is 0.335. The summed E-state index contributed by atoms with van der Waals surface area (Å²) in [6.45, 7) is 6.29. The lowest BCUT2D eigenvalue weighted by Crippen LogP contribution is -2.47. The van der Waals surface area contributed by atoms with Crippen LogP contribution in [0.3, 0.4) is 0 Å². The molecule has 1 aromatic carbocycles. The van der Waals surface area contributed by atoms with Crippen molar-refractivity contribution in [2.45, 2.75) is 60.4 Å². The van der Waals surface area contributed by atoms with E-state index in [2.05, 4.69) is 30.4 Å². The number of aryl methyl sites for hydroxylation is 2. The van der Waals surface area contributed by atoms with Crippen molar-refractivity contribution >= 4 is 79.7 Å². The molecule has 3 saturated heterocycles. The zero-order chi connectivity index (χ0) is 33.9. The van der Waals surface area contributed by atoms with Gasteiger partial charge in [0.05, 0.1) is 43.0 Å². The van der Waals surface area contributed by atoms with Crippen molar-refractivity contribution in [3.63, 3.8) is 0 Å². The third kappa shape index (κ3) is 8.26. The summed E-state index contributed by atoms with van der Waals surface area (Å²) in [7, 11) is -2.03. The molecule has 49 heavy (non-hydrogen) atoms. The number of nitrogens with one attached hydrogen (secondary N) is 2. The number of benzene rings is 1. The minimum absolute atomic E-state index is 0.224. The molecular formula is C32H39Cl3N8O4S2. The Kier molecular flexibility index (Phi) is 11.4. The third-order valence-corrected chi connectivity index (χ3v) is 13.1. The van der Waals surface area contributed by atoms with E-state index in [1.54, 1.807) is 0 Å². The fraction of sp³-hybridized carbons (Fsp3) is 0.562. The van der Waals surface area contributed by atoms with Gasteiger partial charge >= 0.3 is 0 Å². The average molecular weight is 770 g/mol. The highest BCUT2D eigenvalue weighted by Crippen LogP contribution is 2.33. The van der Waals surface area contributed by atoms with Gasteiger partial charge in [-0.1, -0.05) is 23.2 Å². The van der Waals surface area contributed by atoms with Gasteiger partial charge in [0, 0.05) is 94.7 Å². The molecule has 17 heteroatoms. The third-order valence-electron chi connectivity index (χ3n) is 9.29. The summed E-state index contributed by atoms with van der Waals surface area (Å²) >= 11 is 18.2. The second-order valence-electron chi connectivity index (χ2n) is 12.5. The van der Waals surface area contributed by atoms with Crippen molar-refractivity contribution in [3.8, 4) is 0 Å². The maximum atomic E-state index is 12.6. The minimum atomic E-state index is -1.03. The van der Waals surface area contributed by atoms with E-state index in [1.165, 1.54) is 0 Å². The minimum Gasteiger partial charge on any atom is -0.381 e. The molecule has 5 aliphatic heterocycles. The second-order valence-corrected chi connectivity index (χ2v) is 16.7. The van der Waals surface area contributed by atoms with E-state index >= 15 is 0 Å². The van der Waals surface area contributed by atoms with Gasteiger partial charge < -0.3 is 29.9 Å². The topological polar surface area (TPSA) is 135 Å². The van der Waals surface area contributed by atoms with E-state index in [4.69, 9.17) is 54.2 Å². The van der Waals surface area contributed by atoms with Gasteiger partial charge in [0.15, 0.2) is 0 Å². The number of piperazine rings is 1. The number of hydrogen-bond acceptors (Lipinski definition) is 12. The Morgan fingerprint density at radius 1 is 0.673 bits per heavy atom. The first-order valence-corrected chi connectivity index (χ1v) is 20.5. The summed E-state index contributed by atoms with van der Waals surface area (Å²) in [4.78, 5) is 24.1. The molecule has 0 saturated carbocycles. The van der Waals surface area contributed by atoms with Crippen molar-refractivity contribution < 1.29 is 17.9 Å². The number of anilines is 4. The van der Waals surface area contributed by atoms with Crippen molar-refractivity contribution in [3.05, 3.63) is 44.9 Å². The van der Waals surface area contributed by atoms with E-state index in [9.17, 15) is 8.42 Å². The normalized spacial score (nSPS) is 22.7. The van der Waals surface area contributed by atoms with Crippen molar-refractivity contribution in [1.29, 1.82) is 0 Å². The van der Waals surface area contributed by atoms with Gasteiger partial charge in [-0.25, -0.2) is 9.97 Å². The van der Waals surface area contributed by atoms with Crippen LogP contribution in [0.4, 0.5) is 23.3 Å². The van der Waals surface area contributed by atoms with Crippen LogP contribution in [0.2, 0.25) is 15.3 Å². The first-order valence-electron chi connectivity index (χ1n) is 16.7. The Labute approximate surface area is 305 Å². The molecule has 2 atom stereocenters. The Morgan fingerprint density at radius 2 is 1.20 bits per heavy atom. The highest BCUT2D eigenvalue weighted by Gasteiger charge is 2.30. The molecular weight excluding hydrogens is 731 g/mol. The second kappa shape index (κ2) is 15.9. The summed E-state index contributed by atoms with van der Waals surface area (Å²) in [6, 6.07) is 6.36. The van der Waals surface area contributed by atoms with Crippen LogP contribution in [0.25, 0.3) is 0 Å².